The van der Waals surface area contributed by atoms with E-state index >= 15 is 0 Å². The van der Waals surface area contributed by atoms with Gasteiger partial charge in [0.1, 0.15) is 5.82 Å². The summed E-state index contributed by atoms with van der Waals surface area (Å²) in [7, 11) is 0. The van der Waals surface area contributed by atoms with Crippen molar-refractivity contribution in [3.63, 3.8) is 0 Å². The minimum absolute atomic E-state index is 0.130. The largest absolute Gasteiger partial charge is 0.418 e. The molecule has 0 atom stereocenters. The van der Waals surface area contributed by atoms with Crippen molar-refractivity contribution < 1.29 is 31.1 Å². The maximum absolute atomic E-state index is 13.1. The van der Waals surface area contributed by atoms with Crippen LogP contribution in [0.5, 0.6) is 0 Å². The number of halogens is 7. The number of carbonyl (C=O) groups excluding carboxylic acids is 1. The minimum Gasteiger partial charge on any atom is -0.354 e. The van der Waals surface area contributed by atoms with Crippen molar-refractivity contribution in [2.24, 2.45) is 0 Å². The quantitative estimate of drug-likeness (QED) is 0.631. The molecule has 1 aromatic carbocycles. The number of hydrogen-bond donors (Lipinski definition) is 1. The zero-order valence-electron chi connectivity index (χ0n) is 16.6. The Morgan fingerprint density at radius 2 is 1.75 bits per heavy atom. The molecule has 0 saturated carbocycles. The summed E-state index contributed by atoms with van der Waals surface area (Å²) >= 11 is 6.01. The molecular formula is C20H19ClF6N4O. The first-order valence-electron chi connectivity index (χ1n) is 9.61. The topological polar surface area (TPSA) is 48.5 Å². The Morgan fingerprint density at radius 1 is 1.03 bits per heavy atom. The van der Waals surface area contributed by atoms with E-state index in [0.29, 0.717) is 32.6 Å². The van der Waals surface area contributed by atoms with Crippen LogP contribution in [0.25, 0.3) is 0 Å². The molecule has 0 unspecified atom stereocenters. The van der Waals surface area contributed by atoms with Crippen molar-refractivity contribution in [3.05, 3.63) is 52.7 Å². The molecule has 5 nitrogen and oxygen atoms in total. The molecule has 1 aliphatic heterocycles. The Balaban J connectivity index is 1.61. The lowest BCUT2D eigenvalue weighted by Gasteiger charge is -2.24. The molecule has 32 heavy (non-hydrogen) atoms. The number of nitrogens with one attached hydrogen (secondary N) is 1. The molecule has 12 heteroatoms. The van der Waals surface area contributed by atoms with Gasteiger partial charge in [0.25, 0.3) is 0 Å². The number of nitrogens with zero attached hydrogens (tertiary/aromatic N) is 3. The molecule has 1 N–H and O–H groups in total. The molecule has 0 bridgehead atoms. The van der Waals surface area contributed by atoms with E-state index in [2.05, 4.69) is 10.3 Å². The van der Waals surface area contributed by atoms with Gasteiger partial charge in [-0.05, 0) is 24.6 Å². The van der Waals surface area contributed by atoms with E-state index in [1.54, 1.807) is 9.80 Å². The third-order valence-electron chi connectivity index (χ3n) is 4.91. The molecule has 1 aliphatic rings. The van der Waals surface area contributed by atoms with Gasteiger partial charge < -0.3 is 10.2 Å². The second-order valence-electron chi connectivity index (χ2n) is 7.24. The molecule has 1 aromatic heterocycles. The van der Waals surface area contributed by atoms with Gasteiger partial charge in [-0.2, -0.15) is 26.3 Å². The monoisotopic (exact) mass is 480 g/mol. The van der Waals surface area contributed by atoms with Gasteiger partial charge in [0.2, 0.25) is 5.91 Å². The average Bonchev–Trinajstić information content (AvgIpc) is 2.92. The van der Waals surface area contributed by atoms with E-state index in [4.69, 9.17) is 11.6 Å². The van der Waals surface area contributed by atoms with Gasteiger partial charge in [0, 0.05) is 32.4 Å². The molecule has 2 aromatic rings. The van der Waals surface area contributed by atoms with E-state index < -0.39 is 29.4 Å². The van der Waals surface area contributed by atoms with Crippen LogP contribution in [0.1, 0.15) is 17.5 Å². The normalized spacial score (nSPS) is 16.0. The van der Waals surface area contributed by atoms with Crippen LogP contribution in [0, 0.1) is 0 Å². The maximum Gasteiger partial charge on any atom is 0.418 e. The summed E-state index contributed by atoms with van der Waals surface area (Å²) in [6.07, 6.45) is -7.87. The van der Waals surface area contributed by atoms with Crippen molar-refractivity contribution in [1.82, 2.24) is 9.88 Å². The first-order valence-corrected chi connectivity index (χ1v) is 9.99. The molecular weight excluding hydrogens is 462 g/mol. The lowest BCUT2D eigenvalue weighted by Crippen LogP contribution is -2.36. The van der Waals surface area contributed by atoms with Crippen molar-refractivity contribution >= 4 is 29.0 Å². The molecule has 1 saturated heterocycles. The second-order valence-corrected chi connectivity index (χ2v) is 7.64. The number of anilines is 2. The number of rotatable bonds is 4. The number of amides is 1. The van der Waals surface area contributed by atoms with Gasteiger partial charge in [-0.15, -0.1) is 0 Å². The minimum atomic E-state index is -4.60. The summed E-state index contributed by atoms with van der Waals surface area (Å²) in [6.45, 7) is 1.49. The molecule has 2 heterocycles. The molecule has 0 aliphatic carbocycles. The highest BCUT2D eigenvalue weighted by Crippen LogP contribution is 2.35. The fourth-order valence-corrected chi connectivity index (χ4v) is 3.68. The fourth-order valence-electron chi connectivity index (χ4n) is 3.39. The highest BCUT2D eigenvalue weighted by atomic mass is 35.5. The number of benzene rings is 1. The van der Waals surface area contributed by atoms with E-state index in [0.717, 1.165) is 18.3 Å². The lowest BCUT2D eigenvalue weighted by molar-refractivity contribution is -0.138. The summed E-state index contributed by atoms with van der Waals surface area (Å²) in [5.41, 5.74) is -2.20. The Labute approximate surface area is 185 Å². The number of pyridine rings is 1. The highest BCUT2D eigenvalue weighted by molar-refractivity contribution is 6.33. The summed E-state index contributed by atoms with van der Waals surface area (Å²) < 4.78 is 77.7. The lowest BCUT2D eigenvalue weighted by atomic mass is 10.1. The zero-order valence-corrected chi connectivity index (χ0v) is 17.4. The predicted molar refractivity (Wildman–Crippen MR) is 108 cm³/mol. The second kappa shape index (κ2) is 9.53. The zero-order chi connectivity index (χ0) is 23.5. The summed E-state index contributed by atoms with van der Waals surface area (Å²) in [6, 6.07) is 5.53. The van der Waals surface area contributed by atoms with Crippen LogP contribution in [0.3, 0.4) is 0 Å². The first kappa shape index (κ1) is 24.1. The van der Waals surface area contributed by atoms with Gasteiger partial charge in [0.05, 0.1) is 28.4 Å². The predicted octanol–water partition coefficient (Wildman–Crippen LogP) is 4.92. The average molecular weight is 481 g/mol. The van der Waals surface area contributed by atoms with Crippen molar-refractivity contribution in [1.29, 1.82) is 0 Å². The van der Waals surface area contributed by atoms with Crippen LogP contribution >= 0.6 is 11.6 Å². The number of para-hydroxylation sites is 1. The SMILES string of the molecule is O=C(CN1CCCN(c2ncc(C(F)(F)F)cc2Cl)CC1)Nc1ccccc1C(F)(F)F. The molecule has 0 radical (unpaired) electrons. The molecule has 0 spiro atoms. The van der Waals surface area contributed by atoms with Crippen LogP contribution in [0.15, 0.2) is 36.5 Å². The van der Waals surface area contributed by atoms with Crippen LogP contribution < -0.4 is 10.2 Å². The third-order valence-corrected chi connectivity index (χ3v) is 5.19. The fraction of sp³-hybridized carbons (Fsp3) is 0.400. The van der Waals surface area contributed by atoms with Crippen molar-refractivity contribution in [2.75, 3.05) is 42.9 Å². The van der Waals surface area contributed by atoms with Gasteiger partial charge in [-0.3, -0.25) is 9.69 Å². The number of carbonyl (C=O) groups is 1. The Hall–Kier alpha value is -2.53. The maximum atomic E-state index is 13.1. The van der Waals surface area contributed by atoms with E-state index in [1.165, 1.54) is 18.2 Å². The summed E-state index contributed by atoms with van der Waals surface area (Å²) in [5.74, 6) is -0.383. The summed E-state index contributed by atoms with van der Waals surface area (Å²) in [4.78, 5) is 19.7. The van der Waals surface area contributed by atoms with Crippen molar-refractivity contribution in [2.45, 2.75) is 18.8 Å². The summed E-state index contributed by atoms with van der Waals surface area (Å²) in [5, 5.41) is 2.17. The first-order chi connectivity index (χ1) is 14.9. The van der Waals surface area contributed by atoms with Gasteiger partial charge in [-0.1, -0.05) is 23.7 Å². The van der Waals surface area contributed by atoms with Crippen LogP contribution in [-0.4, -0.2) is 48.5 Å². The smallest absolute Gasteiger partial charge is 0.354 e. The van der Waals surface area contributed by atoms with Crippen LogP contribution in [0.2, 0.25) is 5.02 Å². The Bertz CT molecular complexity index is 966. The highest BCUT2D eigenvalue weighted by Gasteiger charge is 2.34. The van der Waals surface area contributed by atoms with Gasteiger partial charge in [0.15, 0.2) is 0 Å². The Morgan fingerprint density at radius 3 is 2.41 bits per heavy atom. The third kappa shape index (κ3) is 6.04. The molecule has 1 fully saturated rings. The van der Waals surface area contributed by atoms with E-state index in [-0.39, 0.29) is 23.1 Å². The Kier molecular flexibility index (Phi) is 7.19. The number of alkyl halides is 6. The van der Waals surface area contributed by atoms with E-state index in [1.807, 2.05) is 0 Å². The molecule has 1 amide bonds. The van der Waals surface area contributed by atoms with Gasteiger partial charge in [-0.25, -0.2) is 4.98 Å². The van der Waals surface area contributed by atoms with Crippen LogP contribution in [0.4, 0.5) is 37.8 Å². The van der Waals surface area contributed by atoms with Crippen molar-refractivity contribution in [3.8, 4) is 0 Å². The van der Waals surface area contributed by atoms with E-state index in [9.17, 15) is 31.1 Å². The number of hydrogen-bond acceptors (Lipinski definition) is 4. The van der Waals surface area contributed by atoms with Gasteiger partial charge >= 0.3 is 12.4 Å². The molecule has 3 rings (SSSR count). The van der Waals surface area contributed by atoms with Crippen LogP contribution in [-0.2, 0) is 17.1 Å². The standard InChI is InChI=1S/C20H19ClF6N4O/c21-15-10-13(19(22,23)24)11-28-18(15)31-7-3-6-30(8-9-31)12-17(32)29-16-5-2-1-4-14(16)20(25,26)27/h1-2,4-5,10-11H,3,6-9,12H2,(H,29,32). The molecule has 174 valence electrons. The number of aromatic nitrogens is 1.